The summed E-state index contributed by atoms with van der Waals surface area (Å²) >= 11 is 0. The Bertz CT molecular complexity index is 526. The molecular formula is C19H26O5. The first-order valence-corrected chi connectivity index (χ1v) is 9.88. The highest BCUT2D eigenvalue weighted by molar-refractivity contribution is 5.44. The molecule has 2 spiro atoms. The van der Waals surface area contributed by atoms with Crippen LogP contribution in [0.25, 0.3) is 0 Å². The molecular weight excluding hydrogens is 308 g/mol. The average molecular weight is 334 g/mol. The lowest BCUT2D eigenvalue weighted by Crippen LogP contribution is -2.67. The maximum atomic E-state index is 6.52. The Labute approximate surface area is 142 Å². The molecule has 3 saturated heterocycles. The third kappa shape index (κ3) is 1.17. The van der Waals surface area contributed by atoms with Crippen LogP contribution in [0.2, 0.25) is 0 Å². The van der Waals surface area contributed by atoms with E-state index in [1.54, 1.807) is 0 Å². The van der Waals surface area contributed by atoms with Crippen LogP contribution >= 0.6 is 0 Å². The summed E-state index contributed by atoms with van der Waals surface area (Å²) in [6.45, 7) is 5.89. The molecule has 0 aromatic carbocycles. The van der Waals surface area contributed by atoms with E-state index in [1.165, 1.54) is 6.42 Å². The first-order valence-electron chi connectivity index (χ1n) is 9.88. The zero-order chi connectivity index (χ0) is 15.5. The van der Waals surface area contributed by atoms with Gasteiger partial charge in [-0.15, -0.1) is 0 Å². The highest BCUT2D eigenvalue weighted by atomic mass is 16.6. The summed E-state index contributed by atoms with van der Waals surface area (Å²) in [6.07, 6.45) is 2.52. The molecule has 8 rings (SSSR count). The molecule has 0 aromatic heterocycles. The summed E-state index contributed by atoms with van der Waals surface area (Å²) in [6, 6.07) is 0. The molecule has 0 aromatic rings. The SMILES string of the molecule is C1COCCOCC23C4CC5C6C7OC(C64)C2C7C53COCCO1. The van der Waals surface area contributed by atoms with Crippen molar-refractivity contribution in [2.24, 2.45) is 46.3 Å². The minimum absolute atomic E-state index is 0.352. The molecule has 10 atom stereocenters. The van der Waals surface area contributed by atoms with Gasteiger partial charge in [0.05, 0.1) is 65.1 Å². The van der Waals surface area contributed by atoms with Gasteiger partial charge < -0.3 is 23.7 Å². The van der Waals surface area contributed by atoms with Crippen molar-refractivity contribution in [3.63, 3.8) is 0 Å². The second kappa shape index (κ2) is 4.37. The van der Waals surface area contributed by atoms with Crippen molar-refractivity contribution in [2.75, 3.05) is 52.9 Å². The van der Waals surface area contributed by atoms with Crippen LogP contribution in [-0.2, 0) is 23.7 Å². The molecule has 132 valence electrons. The van der Waals surface area contributed by atoms with Gasteiger partial charge in [0.2, 0.25) is 0 Å². The van der Waals surface area contributed by atoms with Gasteiger partial charge in [0.25, 0.3) is 0 Å². The van der Waals surface area contributed by atoms with Crippen molar-refractivity contribution in [3.8, 4) is 0 Å². The Kier molecular flexibility index (Phi) is 2.54. The molecule has 24 heavy (non-hydrogen) atoms. The van der Waals surface area contributed by atoms with Crippen molar-refractivity contribution in [1.82, 2.24) is 0 Å². The predicted octanol–water partition coefficient (Wildman–Crippen LogP) is 0.962. The number of ether oxygens (including phenoxy) is 5. The quantitative estimate of drug-likeness (QED) is 0.660. The predicted molar refractivity (Wildman–Crippen MR) is 82.4 cm³/mol. The monoisotopic (exact) mass is 334 g/mol. The highest BCUT2D eigenvalue weighted by Crippen LogP contribution is 2.96. The molecule has 5 heteroatoms. The van der Waals surface area contributed by atoms with Crippen molar-refractivity contribution >= 4 is 0 Å². The van der Waals surface area contributed by atoms with Gasteiger partial charge in [-0.3, -0.25) is 0 Å². The zero-order valence-electron chi connectivity index (χ0n) is 14.0. The van der Waals surface area contributed by atoms with E-state index in [0.717, 1.165) is 48.7 Å². The molecule has 4 bridgehead atoms. The third-order valence-electron chi connectivity index (χ3n) is 9.23. The maximum absolute atomic E-state index is 6.52. The Hall–Kier alpha value is -0.200. The van der Waals surface area contributed by atoms with Crippen LogP contribution in [0.15, 0.2) is 0 Å². The van der Waals surface area contributed by atoms with Gasteiger partial charge in [0.15, 0.2) is 0 Å². The number of hydrogen-bond acceptors (Lipinski definition) is 5. The van der Waals surface area contributed by atoms with Crippen molar-refractivity contribution in [1.29, 1.82) is 0 Å². The summed E-state index contributed by atoms with van der Waals surface area (Å²) in [5, 5.41) is 0. The topological polar surface area (TPSA) is 46.2 Å². The summed E-state index contributed by atoms with van der Waals surface area (Å²) in [5.41, 5.74) is 0.703. The van der Waals surface area contributed by atoms with Gasteiger partial charge in [-0.05, 0) is 30.1 Å². The standard InChI is InChI=1S/C19H26O5/c1-2-21-4-6-23-9-19-11-7-10-12-13(11)17-15(19)14(16(12)24-17)18(10,19)8-22-5-3-20-1/h10-17H,1-9H2. The Morgan fingerprint density at radius 2 is 1.04 bits per heavy atom. The lowest BCUT2D eigenvalue weighted by molar-refractivity contribution is -0.236. The molecule has 8 fully saturated rings. The third-order valence-corrected chi connectivity index (χ3v) is 9.23. The summed E-state index contributed by atoms with van der Waals surface area (Å²) < 4.78 is 30.2. The fourth-order valence-electron chi connectivity index (χ4n) is 9.20. The molecule has 5 aliphatic carbocycles. The fourth-order valence-corrected chi connectivity index (χ4v) is 9.20. The smallest absolute Gasteiger partial charge is 0.0701 e. The van der Waals surface area contributed by atoms with E-state index in [9.17, 15) is 0 Å². The maximum Gasteiger partial charge on any atom is 0.0701 e. The van der Waals surface area contributed by atoms with Crippen LogP contribution in [0.4, 0.5) is 0 Å². The lowest BCUT2D eigenvalue weighted by Gasteiger charge is -2.64. The first-order chi connectivity index (χ1) is 11.9. The first kappa shape index (κ1) is 13.9. The van der Waals surface area contributed by atoms with Gasteiger partial charge in [-0.25, -0.2) is 0 Å². The van der Waals surface area contributed by atoms with Crippen molar-refractivity contribution in [3.05, 3.63) is 0 Å². The minimum atomic E-state index is 0.352. The average Bonchev–Trinajstić information content (AvgIpc) is 3.27. The molecule has 0 N–H and O–H groups in total. The lowest BCUT2D eigenvalue weighted by atomic mass is 9.40. The van der Waals surface area contributed by atoms with E-state index >= 15 is 0 Å². The molecule has 0 radical (unpaired) electrons. The minimum Gasteiger partial charge on any atom is -0.378 e. The number of rotatable bonds is 0. The van der Waals surface area contributed by atoms with Crippen LogP contribution in [0.5, 0.6) is 0 Å². The van der Waals surface area contributed by atoms with E-state index < -0.39 is 0 Å². The van der Waals surface area contributed by atoms with Crippen LogP contribution in [0.3, 0.4) is 0 Å². The highest BCUT2D eigenvalue weighted by Gasteiger charge is 2.99. The van der Waals surface area contributed by atoms with Gasteiger partial charge in [-0.2, -0.15) is 0 Å². The van der Waals surface area contributed by atoms with Crippen LogP contribution in [0.1, 0.15) is 6.42 Å². The van der Waals surface area contributed by atoms with Gasteiger partial charge in [-0.1, -0.05) is 0 Å². The van der Waals surface area contributed by atoms with E-state index in [4.69, 9.17) is 23.7 Å². The molecule has 0 amide bonds. The molecule has 8 aliphatic rings. The van der Waals surface area contributed by atoms with E-state index in [0.29, 0.717) is 62.7 Å². The molecule has 3 heterocycles. The Morgan fingerprint density at radius 3 is 1.54 bits per heavy atom. The summed E-state index contributed by atoms with van der Waals surface area (Å²) in [4.78, 5) is 0. The van der Waals surface area contributed by atoms with Crippen molar-refractivity contribution < 1.29 is 23.7 Å². The van der Waals surface area contributed by atoms with Crippen LogP contribution < -0.4 is 0 Å². The number of hydrogen-bond donors (Lipinski definition) is 0. The molecule has 3 aliphatic heterocycles. The second-order valence-corrected chi connectivity index (χ2v) is 9.13. The largest absolute Gasteiger partial charge is 0.378 e. The van der Waals surface area contributed by atoms with Gasteiger partial charge in [0, 0.05) is 22.7 Å². The van der Waals surface area contributed by atoms with Crippen LogP contribution in [0, 0.1) is 46.3 Å². The van der Waals surface area contributed by atoms with Crippen molar-refractivity contribution in [2.45, 2.75) is 18.6 Å². The summed E-state index contributed by atoms with van der Waals surface area (Å²) in [7, 11) is 0. The van der Waals surface area contributed by atoms with E-state index in [-0.39, 0.29) is 0 Å². The summed E-state index contributed by atoms with van der Waals surface area (Å²) in [5.74, 6) is 4.88. The normalized spacial score (nSPS) is 66.0. The second-order valence-electron chi connectivity index (χ2n) is 9.13. The van der Waals surface area contributed by atoms with E-state index in [1.807, 2.05) is 0 Å². The van der Waals surface area contributed by atoms with Gasteiger partial charge in [0.1, 0.15) is 0 Å². The van der Waals surface area contributed by atoms with Crippen LogP contribution in [-0.4, -0.2) is 65.1 Å². The Morgan fingerprint density at radius 1 is 0.583 bits per heavy atom. The molecule has 5 nitrogen and oxygen atoms in total. The molecule has 5 saturated carbocycles. The van der Waals surface area contributed by atoms with E-state index in [2.05, 4.69) is 0 Å². The fraction of sp³-hybridized carbons (Fsp3) is 1.00. The Balaban J connectivity index is 1.24. The zero-order valence-corrected chi connectivity index (χ0v) is 14.0. The molecule has 10 unspecified atom stereocenters. The van der Waals surface area contributed by atoms with Gasteiger partial charge >= 0.3 is 0 Å².